The number of hydrogen-bond donors (Lipinski definition) is 2. The second-order valence-corrected chi connectivity index (χ2v) is 5.18. The summed E-state index contributed by atoms with van der Waals surface area (Å²) in [6, 6.07) is 0. The highest BCUT2D eigenvalue weighted by Gasteiger charge is 2.15. The lowest BCUT2D eigenvalue weighted by molar-refractivity contribution is 0.462. The largest absolute Gasteiger partial charge is 0.506 e. The number of benzene rings is 1. The first kappa shape index (κ1) is 13.0. The van der Waals surface area contributed by atoms with E-state index in [0.29, 0.717) is 12.3 Å². The van der Waals surface area contributed by atoms with Crippen LogP contribution < -0.4 is 5.73 Å². The molecule has 0 spiro atoms. The molecule has 0 unspecified atom stereocenters. The van der Waals surface area contributed by atoms with Crippen molar-refractivity contribution in [1.29, 1.82) is 0 Å². The summed E-state index contributed by atoms with van der Waals surface area (Å²) < 4.78 is 1.83. The van der Waals surface area contributed by atoms with Gasteiger partial charge in [-0.2, -0.15) is 0 Å². The fourth-order valence-electron chi connectivity index (χ4n) is 1.58. The quantitative estimate of drug-likeness (QED) is 0.888. The molecule has 0 bridgehead atoms. The molecule has 0 saturated carbocycles. The van der Waals surface area contributed by atoms with Crippen LogP contribution in [0.1, 0.15) is 23.1 Å². The minimum Gasteiger partial charge on any atom is -0.506 e. The van der Waals surface area contributed by atoms with Crippen LogP contribution in [0.4, 0.5) is 0 Å². The van der Waals surface area contributed by atoms with Crippen molar-refractivity contribution < 1.29 is 5.11 Å². The molecule has 0 aromatic heterocycles. The Kier molecular flexibility index (Phi) is 4.62. The van der Waals surface area contributed by atoms with Gasteiger partial charge >= 0.3 is 0 Å². The minimum atomic E-state index is 0.349. The highest BCUT2D eigenvalue weighted by atomic mass is 79.9. The summed E-state index contributed by atoms with van der Waals surface area (Å²) in [4.78, 5) is 0. The Balaban J connectivity index is 3.26. The van der Waals surface area contributed by atoms with Gasteiger partial charge in [-0.15, -0.1) is 0 Å². The van der Waals surface area contributed by atoms with Gasteiger partial charge in [0.05, 0.1) is 4.47 Å². The molecule has 0 aliphatic carbocycles. The lowest BCUT2D eigenvalue weighted by Crippen LogP contribution is -2.03. The van der Waals surface area contributed by atoms with Crippen LogP contribution in [0, 0.1) is 13.8 Å². The van der Waals surface area contributed by atoms with Gasteiger partial charge in [-0.1, -0.05) is 15.9 Å². The van der Waals surface area contributed by atoms with Crippen LogP contribution in [0.15, 0.2) is 8.95 Å². The van der Waals surface area contributed by atoms with Gasteiger partial charge in [0.1, 0.15) is 5.75 Å². The number of rotatable bonds is 3. The third-order valence-electron chi connectivity index (χ3n) is 2.57. The molecule has 0 atom stereocenters. The normalized spacial score (nSPS) is 10.7. The summed E-state index contributed by atoms with van der Waals surface area (Å²) in [6.45, 7) is 4.62. The minimum absolute atomic E-state index is 0.349. The first-order chi connectivity index (χ1) is 7.00. The molecule has 4 heteroatoms. The average molecular weight is 337 g/mol. The molecular formula is C11H15Br2NO. The van der Waals surface area contributed by atoms with Crippen molar-refractivity contribution in [3.05, 3.63) is 25.6 Å². The molecule has 0 radical (unpaired) electrons. The van der Waals surface area contributed by atoms with Crippen LogP contribution in [-0.2, 0) is 6.42 Å². The van der Waals surface area contributed by atoms with E-state index in [1.54, 1.807) is 0 Å². The summed E-state index contributed by atoms with van der Waals surface area (Å²) in [5, 5.41) is 10.0. The monoisotopic (exact) mass is 335 g/mol. The molecule has 0 aliphatic heterocycles. The number of phenols is 1. The van der Waals surface area contributed by atoms with E-state index in [4.69, 9.17) is 5.73 Å². The van der Waals surface area contributed by atoms with E-state index in [-0.39, 0.29) is 0 Å². The van der Waals surface area contributed by atoms with Crippen molar-refractivity contribution in [3.8, 4) is 5.75 Å². The molecule has 15 heavy (non-hydrogen) atoms. The highest BCUT2D eigenvalue weighted by Crippen LogP contribution is 2.39. The molecule has 2 nitrogen and oxygen atoms in total. The molecule has 1 aromatic carbocycles. The van der Waals surface area contributed by atoms with Gasteiger partial charge in [-0.3, -0.25) is 0 Å². The SMILES string of the molecule is Cc1c(Br)c(C)c(CCCN)c(O)c1Br. The summed E-state index contributed by atoms with van der Waals surface area (Å²) in [5.41, 5.74) is 8.58. The van der Waals surface area contributed by atoms with Crippen LogP contribution in [0.3, 0.4) is 0 Å². The molecular weight excluding hydrogens is 322 g/mol. The Morgan fingerprint density at radius 1 is 1.13 bits per heavy atom. The third-order valence-corrected chi connectivity index (χ3v) is 4.72. The van der Waals surface area contributed by atoms with Gasteiger partial charge in [-0.05, 0) is 65.9 Å². The topological polar surface area (TPSA) is 46.2 Å². The molecule has 0 amide bonds. The zero-order valence-electron chi connectivity index (χ0n) is 8.90. The summed E-state index contributed by atoms with van der Waals surface area (Å²) in [7, 11) is 0. The zero-order valence-corrected chi connectivity index (χ0v) is 12.1. The van der Waals surface area contributed by atoms with Crippen LogP contribution >= 0.6 is 31.9 Å². The maximum atomic E-state index is 10.0. The molecule has 1 rings (SSSR count). The van der Waals surface area contributed by atoms with Crippen molar-refractivity contribution in [1.82, 2.24) is 0 Å². The Morgan fingerprint density at radius 3 is 2.27 bits per heavy atom. The van der Waals surface area contributed by atoms with E-state index in [1.165, 1.54) is 0 Å². The van der Waals surface area contributed by atoms with Crippen molar-refractivity contribution in [3.63, 3.8) is 0 Å². The molecule has 84 valence electrons. The van der Waals surface area contributed by atoms with Gasteiger partial charge in [0.15, 0.2) is 0 Å². The van der Waals surface area contributed by atoms with Gasteiger partial charge in [-0.25, -0.2) is 0 Å². The maximum absolute atomic E-state index is 10.0. The van der Waals surface area contributed by atoms with Crippen molar-refractivity contribution in [2.45, 2.75) is 26.7 Å². The van der Waals surface area contributed by atoms with Crippen LogP contribution in [-0.4, -0.2) is 11.7 Å². The van der Waals surface area contributed by atoms with Crippen molar-refractivity contribution >= 4 is 31.9 Å². The van der Waals surface area contributed by atoms with E-state index in [0.717, 1.165) is 38.5 Å². The van der Waals surface area contributed by atoms with Gasteiger partial charge < -0.3 is 10.8 Å². The number of aromatic hydroxyl groups is 1. The molecule has 0 heterocycles. The predicted molar refractivity (Wildman–Crippen MR) is 70.4 cm³/mol. The first-order valence-electron chi connectivity index (χ1n) is 4.86. The summed E-state index contributed by atoms with van der Waals surface area (Å²) in [6.07, 6.45) is 1.70. The van der Waals surface area contributed by atoms with E-state index < -0.39 is 0 Å². The number of nitrogens with two attached hydrogens (primary N) is 1. The molecule has 3 N–H and O–H groups in total. The van der Waals surface area contributed by atoms with Gasteiger partial charge in [0.2, 0.25) is 0 Å². The van der Waals surface area contributed by atoms with Gasteiger partial charge in [0.25, 0.3) is 0 Å². The second kappa shape index (κ2) is 5.32. The maximum Gasteiger partial charge on any atom is 0.133 e. The van der Waals surface area contributed by atoms with Crippen molar-refractivity contribution in [2.24, 2.45) is 5.73 Å². The second-order valence-electron chi connectivity index (χ2n) is 3.60. The fraction of sp³-hybridized carbons (Fsp3) is 0.455. The number of phenolic OH excluding ortho intramolecular Hbond substituents is 1. The molecule has 0 aliphatic rings. The van der Waals surface area contributed by atoms with Crippen LogP contribution in [0.5, 0.6) is 5.75 Å². The predicted octanol–water partition coefficient (Wildman–Crippen LogP) is 3.43. The van der Waals surface area contributed by atoms with Crippen LogP contribution in [0.2, 0.25) is 0 Å². The van der Waals surface area contributed by atoms with E-state index >= 15 is 0 Å². The zero-order chi connectivity index (χ0) is 11.6. The lowest BCUT2D eigenvalue weighted by Gasteiger charge is -2.14. The first-order valence-corrected chi connectivity index (χ1v) is 6.45. The molecule has 0 saturated heterocycles. The van der Waals surface area contributed by atoms with Gasteiger partial charge in [0, 0.05) is 4.47 Å². The summed E-state index contributed by atoms with van der Waals surface area (Å²) in [5.74, 6) is 0.349. The Morgan fingerprint density at radius 2 is 1.73 bits per heavy atom. The standard InChI is InChI=1S/C11H15Br2NO/c1-6-8(4-3-5-14)11(15)10(13)7(2)9(6)12/h15H,3-5,14H2,1-2H3. The van der Waals surface area contributed by atoms with E-state index in [1.807, 2.05) is 13.8 Å². The Hall–Kier alpha value is -0.0600. The highest BCUT2D eigenvalue weighted by molar-refractivity contribution is 9.11. The van der Waals surface area contributed by atoms with E-state index in [9.17, 15) is 5.11 Å². The van der Waals surface area contributed by atoms with E-state index in [2.05, 4.69) is 31.9 Å². The fourth-order valence-corrected chi connectivity index (χ4v) is 2.72. The number of hydrogen-bond acceptors (Lipinski definition) is 2. The smallest absolute Gasteiger partial charge is 0.133 e. The van der Waals surface area contributed by atoms with Crippen molar-refractivity contribution in [2.75, 3.05) is 6.54 Å². The molecule has 0 fully saturated rings. The lowest BCUT2D eigenvalue weighted by atomic mass is 10.0. The number of halogens is 2. The Bertz CT molecular complexity index is 348. The molecule has 1 aromatic rings. The third kappa shape index (κ3) is 2.55. The van der Waals surface area contributed by atoms with Crippen LogP contribution in [0.25, 0.3) is 0 Å². The average Bonchev–Trinajstić information content (AvgIpc) is 2.24. The summed E-state index contributed by atoms with van der Waals surface area (Å²) >= 11 is 6.93. The Labute approximate surface area is 107 Å².